The van der Waals surface area contributed by atoms with Crippen molar-refractivity contribution in [2.75, 3.05) is 0 Å². The van der Waals surface area contributed by atoms with E-state index < -0.39 is 11.4 Å². The van der Waals surface area contributed by atoms with Crippen molar-refractivity contribution >= 4 is 5.97 Å². The molecule has 3 heteroatoms. The molecule has 1 atom stereocenters. The van der Waals surface area contributed by atoms with Gasteiger partial charge < -0.3 is 5.11 Å². The van der Waals surface area contributed by atoms with Crippen molar-refractivity contribution < 1.29 is 9.90 Å². The summed E-state index contributed by atoms with van der Waals surface area (Å²) in [6, 6.07) is 15.0. The van der Waals surface area contributed by atoms with Crippen LogP contribution in [0, 0.1) is 0 Å². The topological polar surface area (TPSA) is 50.2 Å². The molecule has 18 heavy (non-hydrogen) atoms. The van der Waals surface area contributed by atoms with E-state index in [1.807, 2.05) is 36.4 Å². The maximum Gasteiger partial charge on any atom is 0.315 e. The normalized spacial score (nSPS) is 13.8. The fraction of sp³-hybridized carbons (Fsp3) is 0.200. The fourth-order valence-corrected chi connectivity index (χ4v) is 1.97. The molecule has 1 heterocycles. The van der Waals surface area contributed by atoms with E-state index in [0.717, 1.165) is 5.56 Å². The fourth-order valence-electron chi connectivity index (χ4n) is 1.97. The molecule has 2 aromatic rings. The molecule has 0 bridgehead atoms. The molecule has 0 amide bonds. The second-order valence-corrected chi connectivity index (χ2v) is 4.51. The minimum Gasteiger partial charge on any atom is -0.481 e. The molecule has 1 aromatic heterocycles. The number of hydrogen-bond acceptors (Lipinski definition) is 2. The van der Waals surface area contributed by atoms with Gasteiger partial charge in [-0.25, -0.2) is 0 Å². The van der Waals surface area contributed by atoms with Gasteiger partial charge in [-0.1, -0.05) is 36.4 Å². The van der Waals surface area contributed by atoms with Crippen LogP contribution in [0.15, 0.2) is 54.7 Å². The molecule has 1 unspecified atom stereocenters. The van der Waals surface area contributed by atoms with Gasteiger partial charge in [0.05, 0.1) is 5.69 Å². The Kier molecular flexibility index (Phi) is 3.42. The number of aliphatic carboxylic acids is 1. The second-order valence-electron chi connectivity index (χ2n) is 4.51. The number of rotatable bonds is 4. The van der Waals surface area contributed by atoms with Gasteiger partial charge in [0.15, 0.2) is 0 Å². The van der Waals surface area contributed by atoms with Crippen LogP contribution >= 0.6 is 0 Å². The van der Waals surface area contributed by atoms with Gasteiger partial charge in [0, 0.05) is 6.20 Å². The summed E-state index contributed by atoms with van der Waals surface area (Å²) in [4.78, 5) is 15.8. The number of benzene rings is 1. The van der Waals surface area contributed by atoms with Gasteiger partial charge in [-0.05, 0) is 31.0 Å². The molecule has 0 spiro atoms. The zero-order valence-electron chi connectivity index (χ0n) is 10.2. The Labute approximate surface area is 106 Å². The van der Waals surface area contributed by atoms with E-state index >= 15 is 0 Å². The predicted molar refractivity (Wildman–Crippen MR) is 69.4 cm³/mol. The average Bonchev–Trinajstić information content (AvgIpc) is 2.40. The largest absolute Gasteiger partial charge is 0.481 e. The highest BCUT2D eigenvalue weighted by Crippen LogP contribution is 2.26. The SMILES string of the molecule is CC(Cc1ccccc1)(C(=O)O)c1ccccn1. The zero-order valence-corrected chi connectivity index (χ0v) is 10.2. The molecule has 1 aromatic carbocycles. The molecule has 0 aliphatic carbocycles. The highest BCUT2D eigenvalue weighted by atomic mass is 16.4. The van der Waals surface area contributed by atoms with Crippen LogP contribution < -0.4 is 0 Å². The highest BCUT2D eigenvalue weighted by molar-refractivity contribution is 5.80. The van der Waals surface area contributed by atoms with Crippen LogP contribution in [-0.4, -0.2) is 16.1 Å². The summed E-state index contributed by atoms with van der Waals surface area (Å²) in [7, 11) is 0. The molecule has 1 N–H and O–H groups in total. The molecule has 0 aliphatic heterocycles. The van der Waals surface area contributed by atoms with Crippen molar-refractivity contribution in [2.45, 2.75) is 18.8 Å². The highest BCUT2D eigenvalue weighted by Gasteiger charge is 2.36. The van der Waals surface area contributed by atoms with Gasteiger partial charge in [0.25, 0.3) is 0 Å². The maximum atomic E-state index is 11.6. The molecule has 2 rings (SSSR count). The second kappa shape index (κ2) is 5.00. The van der Waals surface area contributed by atoms with Crippen LogP contribution in [0.4, 0.5) is 0 Å². The van der Waals surface area contributed by atoms with E-state index in [2.05, 4.69) is 4.98 Å². The predicted octanol–water partition coefficient (Wildman–Crippen LogP) is 2.67. The van der Waals surface area contributed by atoms with E-state index in [9.17, 15) is 9.90 Å². The molecular weight excluding hydrogens is 226 g/mol. The average molecular weight is 241 g/mol. The van der Waals surface area contributed by atoms with Crippen LogP contribution in [0.3, 0.4) is 0 Å². The minimum absolute atomic E-state index is 0.431. The van der Waals surface area contributed by atoms with Gasteiger partial charge in [0.2, 0.25) is 0 Å². The summed E-state index contributed by atoms with van der Waals surface area (Å²) in [5.74, 6) is -0.856. The van der Waals surface area contributed by atoms with Crippen molar-refractivity contribution in [1.82, 2.24) is 4.98 Å². The van der Waals surface area contributed by atoms with E-state index in [1.54, 1.807) is 25.3 Å². The van der Waals surface area contributed by atoms with Crippen LogP contribution in [0.25, 0.3) is 0 Å². The quantitative estimate of drug-likeness (QED) is 0.895. The van der Waals surface area contributed by atoms with E-state index in [0.29, 0.717) is 12.1 Å². The standard InChI is InChI=1S/C15H15NO2/c1-15(14(17)18,13-9-5-6-10-16-13)11-12-7-3-2-4-8-12/h2-10H,11H2,1H3,(H,17,18). The summed E-state index contributed by atoms with van der Waals surface area (Å²) in [5.41, 5.74) is 0.581. The third-order valence-corrected chi connectivity index (χ3v) is 3.10. The van der Waals surface area contributed by atoms with Crippen LogP contribution in [0.2, 0.25) is 0 Å². The van der Waals surface area contributed by atoms with Gasteiger partial charge in [-0.15, -0.1) is 0 Å². The first-order valence-corrected chi connectivity index (χ1v) is 5.82. The van der Waals surface area contributed by atoms with Gasteiger partial charge in [-0.2, -0.15) is 0 Å². The smallest absolute Gasteiger partial charge is 0.315 e. The molecule has 0 saturated carbocycles. The molecule has 0 aliphatic rings. The number of carboxylic acid groups (broad SMARTS) is 1. The number of nitrogens with zero attached hydrogens (tertiary/aromatic N) is 1. The Hall–Kier alpha value is -2.16. The molecule has 0 saturated heterocycles. The number of carboxylic acids is 1. The van der Waals surface area contributed by atoms with Crippen LogP contribution in [0.5, 0.6) is 0 Å². The summed E-state index contributed by atoms with van der Waals surface area (Å²) < 4.78 is 0. The molecule has 0 fully saturated rings. The summed E-state index contributed by atoms with van der Waals surface area (Å²) in [6.45, 7) is 1.71. The first-order valence-electron chi connectivity index (χ1n) is 5.82. The van der Waals surface area contributed by atoms with Crippen molar-refractivity contribution in [3.05, 3.63) is 66.0 Å². The molecule has 3 nitrogen and oxygen atoms in total. The van der Waals surface area contributed by atoms with Crippen LogP contribution in [-0.2, 0) is 16.6 Å². The Morgan fingerprint density at radius 3 is 2.39 bits per heavy atom. The van der Waals surface area contributed by atoms with Crippen molar-refractivity contribution in [1.29, 1.82) is 0 Å². The Bertz CT molecular complexity index is 525. The Morgan fingerprint density at radius 1 is 1.17 bits per heavy atom. The number of pyridine rings is 1. The van der Waals surface area contributed by atoms with Crippen molar-refractivity contribution in [3.63, 3.8) is 0 Å². The summed E-state index contributed by atoms with van der Waals surface area (Å²) in [6.07, 6.45) is 2.06. The van der Waals surface area contributed by atoms with E-state index in [1.165, 1.54) is 0 Å². The van der Waals surface area contributed by atoms with Gasteiger partial charge in [0.1, 0.15) is 5.41 Å². The first kappa shape index (κ1) is 12.3. The lowest BCUT2D eigenvalue weighted by Crippen LogP contribution is -2.35. The van der Waals surface area contributed by atoms with Gasteiger partial charge in [-0.3, -0.25) is 9.78 Å². The number of carbonyl (C=O) groups is 1. The third-order valence-electron chi connectivity index (χ3n) is 3.10. The van der Waals surface area contributed by atoms with E-state index in [4.69, 9.17) is 0 Å². The van der Waals surface area contributed by atoms with E-state index in [-0.39, 0.29) is 0 Å². The minimum atomic E-state index is -0.997. The monoisotopic (exact) mass is 241 g/mol. The number of hydrogen-bond donors (Lipinski definition) is 1. The summed E-state index contributed by atoms with van der Waals surface area (Å²) in [5, 5.41) is 9.51. The molecule has 0 radical (unpaired) electrons. The van der Waals surface area contributed by atoms with Crippen molar-refractivity contribution in [2.24, 2.45) is 0 Å². The molecule has 92 valence electrons. The maximum absolute atomic E-state index is 11.6. The summed E-state index contributed by atoms with van der Waals surface area (Å²) >= 11 is 0. The lowest BCUT2D eigenvalue weighted by Gasteiger charge is -2.24. The van der Waals surface area contributed by atoms with Crippen molar-refractivity contribution in [3.8, 4) is 0 Å². The number of aromatic nitrogens is 1. The zero-order chi connectivity index (χ0) is 13.0. The lowest BCUT2D eigenvalue weighted by atomic mass is 9.80. The third kappa shape index (κ3) is 2.40. The van der Waals surface area contributed by atoms with Crippen LogP contribution in [0.1, 0.15) is 18.2 Å². The first-order chi connectivity index (χ1) is 8.63. The molecular formula is C15H15NO2. The Balaban J connectivity index is 2.37. The van der Waals surface area contributed by atoms with Gasteiger partial charge >= 0.3 is 5.97 Å². The lowest BCUT2D eigenvalue weighted by molar-refractivity contribution is -0.143. The Morgan fingerprint density at radius 2 is 1.83 bits per heavy atom.